The highest BCUT2D eigenvalue weighted by atomic mass is 79.9. The van der Waals surface area contributed by atoms with E-state index in [-0.39, 0.29) is 0 Å². The van der Waals surface area contributed by atoms with E-state index in [9.17, 15) is 0 Å². The molecule has 14 heavy (non-hydrogen) atoms. The van der Waals surface area contributed by atoms with Crippen molar-refractivity contribution in [3.05, 3.63) is 33.8 Å². The Kier molecular flexibility index (Phi) is 2.14. The molecule has 0 aromatic heterocycles. The second-order valence-electron chi connectivity index (χ2n) is 4.36. The van der Waals surface area contributed by atoms with Crippen molar-refractivity contribution in [2.45, 2.75) is 25.3 Å². The van der Waals surface area contributed by atoms with E-state index in [1.165, 1.54) is 29.3 Å². The molecule has 1 aromatic carbocycles. The van der Waals surface area contributed by atoms with Crippen LogP contribution in [0.3, 0.4) is 0 Å². The Morgan fingerprint density at radius 1 is 1.29 bits per heavy atom. The lowest BCUT2D eigenvalue weighted by molar-refractivity contribution is 0.458. The van der Waals surface area contributed by atoms with Crippen LogP contribution in [0, 0.1) is 5.92 Å². The van der Waals surface area contributed by atoms with Crippen molar-refractivity contribution in [2.24, 2.45) is 5.92 Å². The van der Waals surface area contributed by atoms with Crippen LogP contribution in [0.15, 0.2) is 22.7 Å². The summed E-state index contributed by atoms with van der Waals surface area (Å²) < 4.78 is 1.21. The quantitative estimate of drug-likeness (QED) is 0.810. The van der Waals surface area contributed by atoms with Gasteiger partial charge in [0.15, 0.2) is 0 Å². The van der Waals surface area contributed by atoms with Crippen LogP contribution >= 0.6 is 15.9 Å². The van der Waals surface area contributed by atoms with Crippen LogP contribution in [0.1, 0.15) is 30.0 Å². The zero-order valence-electron chi connectivity index (χ0n) is 8.09. The molecule has 1 heterocycles. The highest BCUT2D eigenvalue weighted by molar-refractivity contribution is 9.10. The SMILES string of the molecule is Brc1ccc2c(c1)C(C1CC1)NCC2. The predicted molar refractivity (Wildman–Crippen MR) is 61.3 cm³/mol. The average molecular weight is 252 g/mol. The lowest BCUT2D eigenvalue weighted by Gasteiger charge is -2.27. The molecule has 0 bridgehead atoms. The molecule has 0 radical (unpaired) electrons. The van der Waals surface area contributed by atoms with Gasteiger partial charge in [0.1, 0.15) is 0 Å². The van der Waals surface area contributed by atoms with Crippen LogP contribution in [0.4, 0.5) is 0 Å². The maximum atomic E-state index is 3.64. The van der Waals surface area contributed by atoms with E-state index < -0.39 is 0 Å². The summed E-state index contributed by atoms with van der Waals surface area (Å²) in [6.45, 7) is 1.15. The zero-order valence-corrected chi connectivity index (χ0v) is 9.68. The first-order valence-electron chi connectivity index (χ1n) is 5.36. The van der Waals surface area contributed by atoms with E-state index in [0.29, 0.717) is 6.04 Å². The van der Waals surface area contributed by atoms with Gasteiger partial charge in [0.2, 0.25) is 0 Å². The molecular formula is C12H14BrN. The number of rotatable bonds is 1. The Hall–Kier alpha value is -0.340. The smallest absolute Gasteiger partial charge is 0.0351 e. The lowest BCUT2D eigenvalue weighted by Crippen LogP contribution is -2.31. The number of benzene rings is 1. The third kappa shape index (κ3) is 1.51. The predicted octanol–water partition coefficient (Wildman–Crippen LogP) is 3.05. The van der Waals surface area contributed by atoms with Gasteiger partial charge in [0.25, 0.3) is 0 Å². The molecule has 2 heteroatoms. The molecule has 0 saturated heterocycles. The molecular weight excluding hydrogens is 238 g/mol. The zero-order chi connectivity index (χ0) is 9.54. The van der Waals surface area contributed by atoms with Gasteiger partial charge in [-0.3, -0.25) is 0 Å². The van der Waals surface area contributed by atoms with Crippen molar-refractivity contribution in [1.82, 2.24) is 5.32 Å². The molecule has 3 rings (SSSR count). The van der Waals surface area contributed by atoms with Crippen LogP contribution in [-0.4, -0.2) is 6.54 Å². The van der Waals surface area contributed by atoms with E-state index in [2.05, 4.69) is 39.4 Å². The maximum Gasteiger partial charge on any atom is 0.0351 e. The molecule has 1 N–H and O–H groups in total. The Labute approximate surface area is 93.0 Å². The highest BCUT2D eigenvalue weighted by Crippen LogP contribution is 2.43. The molecule has 1 aromatic rings. The van der Waals surface area contributed by atoms with E-state index >= 15 is 0 Å². The largest absolute Gasteiger partial charge is 0.309 e. The lowest BCUT2D eigenvalue weighted by atomic mass is 9.92. The molecule has 1 saturated carbocycles. The standard InChI is InChI=1S/C12H14BrN/c13-10-4-3-8-5-6-14-12(9-1-2-9)11(8)7-10/h3-4,7,9,12,14H,1-2,5-6H2. The third-order valence-electron chi connectivity index (χ3n) is 3.29. The summed E-state index contributed by atoms with van der Waals surface area (Å²) in [7, 11) is 0. The van der Waals surface area contributed by atoms with Gasteiger partial charge >= 0.3 is 0 Å². The van der Waals surface area contributed by atoms with Gasteiger partial charge in [0.05, 0.1) is 0 Å². The van der Waals surface area contributed by atoms with Gasteiger partial charge in [-0.15, -0.1) is 0 Å². The number of nitrogens with one attached hydrogen (secondary N) is 1. The molecule has 74 valence electrons. The third-order valence-corrected chi connectivity index (χ3v) is 3.79. The summed E-state index contributed by atoms with van der Waals surface area (Å²) >= 11 is 3.56. The minimum Gasteiger partial charge on any atom is -0.309 e. The average Bonchev–Trinajstić information content (AvgIpc) is 3.00. The number of hydrogen-bond acceptors (Lipinski definition) is 1. The van der Waals surface area contributed by atoms with Gasteiger partial charge in [-0.05, 0) is 55.0 Å². The molecule has 0 spiro atoms. The summed E-state index contributed by atoms with van der Waals surface area (Å²) in [5, 5.41) is 3.64. The normalized spacial score (nSPS) is 25.9. The van der Waals surface area contributed by atoms with Gasteiger partial charge in [-0.25, -0.2) is 0 Å². The van der Waals surface area contributed by atoms with Crippen LogP contribution < -0.4 is 5.32 Å². The fourth-order valence-electron chi connectivity index (χ4n) is 2.41. The molecule has 1 nitrogen and oxygen atoms in total. The fourth-order valence-corrected chi connectivity index (χ4v) is 2.78. The molecule has 2 aliphatic rings. The molecule has 1 atom stereocenters. The number of halogens is 1. The van der Waals surface area contributed by atoms with Crippen molar-refractivity contribution >= 4 is 15.9 Å². The van der Waals surface area contributed by atoms with Crippen LogP contribution in [0.5, 0.6) is 0 Å². The van der Waals surface area contributed by atoms with E-state index in [0.717, 1.165) is 12.5 Å². The Bertz CT molecular complexity index is 357. The van der Waals surface area contributed by atoms with Crippen molar-refractivity contribution in [3.8, 4) is 0 Å². The second-order valence-corrected chi connectivity index (χ2v) is 5.28. The van der Waals surface area contributed by atoms with Crippen LogP contribution in [0.25, 0.3) is 0 Å². The Balaban J connectivity index is 2.02. The first-order chi connectivity index (χ1) is 6.84. The van der Waals surface area contributed by atoms with Crippen molar-refractivity contribution in [3.63, 3.8) is 0 Å². The van der Waals surface area contributed by atoms with E-state index in [4.69, 9.17) is 0 Å². The minimum atomic E-state index is 0.635. The maximum absolute atomic E-state index is 3.64. The molecule has 1 aliphatic carbocycles. The van der Waals surface area contributed by atoms with Crippen LogP contribution in [-0.2, 0) is 6.42 Å². The number of fused-ring (bicyclic) bond motifs is 1. The first-order valence-corrected chi connectivity index (χ1v) is 6.15. The Morgan fingerprint density at radius 3 is 2.93 bits per heavy atom. The van der Waals surface area contributed by atoms with Gasteiger partial charge in [0, 0.05) is 10.5 Å². The van der Waals surface area contributed by atoms with Gasteiger partial charge in [-0.2, -0.15) is 0 Å². The molecule has 0 amide bonds. The summed E-state index contributed by atoms with van der Waals surface area (Å²) in [6.07, 6.45) is 4.00. The van der Waals surface area contributed by atoms with E-state index in [1.54, 1.807) is 5.56 Å². The highest BCUT2D eigenvalue weighted by Gasteiger charge is 2.34. The molecule has 1 fully saturated rings. The van der Waals surface area contributed by atoms with Crippen molar-refractivity contribution in [1.29, 1.82) is 0 Å². The first kappa shape index (κ1) is 8.93. The topological polar surface area (TPSA) is 12.0 Å². The summed E-state index contributed by atoms with van der Waals surface area (Å²) in [5.41, 5.74) is 3.08. The monoisotopic (exact) mass is 251 g/mol. The van der Waals surface area contributed by atoms with Crippen LogP contribution in [0.2, 0.25) is 0 Å². The van der Waals surface area contributed by atoms with E-state index in [1.807, 2.05) is 0 Å². The van der Waals surface area contributed by atoms with Crippen molar-refractivity contribution < 1.29 is 0 Å². The Morgan fingerprint density at radius 2 is 2.14 bits per heavy atom. The number of hydrogen-bond donors (Lipinski definition) is 1. The molecule has 1 aliphatic heterocycles. The van der Waals surface area contributed by atoms with Gasteiger partial charge < -0.3 is 5.32 Å². The summed E-state index contributed by atoms with van der Waals surface area (Å²) in [4.78, 5) is 0. The summed E-state index contributed by atoms with van der Waals surface area (Å²) in [5.74, 6) is 0.906. The fraction of sp³-hybridized carbons (Fsp3) is 0.500. The van der Waals surface area contributed by atoms with Gasteiger partial charge in [-0.1, -0.05) is 22.0 Å². The van der Waals surface area contributed by atoms with Crippen molar-refractivity contribution in [2.75, 3.05) is 6.54 Å². The second kappa shape index (κ2) is 3.35. The molecule has 1 unspecified atom stereocenters. The minimum absolute atomic E-state index is 0.635. The summed E-state index contributed by atoms with van der Waals surface area (Å²) in [6, 6.07) is 7.37.